The van der Waals surface area contributed by atoms with Gasteiger partial charge in [0.2, 0.25) is 5.91 Å². The third-order valence-corrected chi connectivity index (χ3v) is 4.56. The highest BCUT2D eigenvalue weighted by Gasteiger charge is 2.35. The van der Waals surface area contributed by atoms with E-state index >= 15 is 0 Å². The van der Waals surface area contributed by atoms with E-state index < -0.39 is 0 Å². The van der Waals surface area contributed by atoms with Crippen molar-refractivity contribution in [1.29, 1.82) is 0 Å². The second kappa shape index (κ2) is 5.80. The molecule has 106 valence electrons. The lowest BCUT2D eigenvalue weighted by Gasteiger charge is -2.35. The van der Waals surface area contributed by atoms with Gasteiger partial charge in [-0.25, -0.2) is 0 Å². The Morgan fingerprint density at radius 3 is 2.50 bits per heavy atom. The fourth-order valence-corrected chi connectivity index (χ4v) is 3.37. The molecule has 3 nitrogen and oxygen atoms in total. The standard InChI is InChI=1S/C17H22N2O/c1-19(16-11-14-8-9-15(12-16)18-14)17(20)10-7-13-5-3-2-4-6-13/h2-7,10,14-16,18H,8-9,11-12H2,1H3/b10-7+. The molecular formula is C17H22N2O. The van der Waals surface area contributed by atoms with Crippen molar-refractivity contribution in [2.75, 3.05) is 7.05 Å². The molecule has 2 unspecified atom stereocenters. The van der Waals surface area contributed by atoms with E-state index in [1.807, 2.05) is 48.4 Å². The van der Waals surface area contributed by atoms with Crippen molar-refractivity contribution in [3.63, 3.8) is 0 Å². The van der Waals surface area contributed by atoms with Gasteiger partial charge in [0.15, 0.2) is 0 Å². The van der Waals surface area contributed by atoms with Crippen molar-refractivity contribution in [1.82, 2.24) is 10.2 Å². The number of hydrogen-bond acceptors (Lipinski definition) is 2. The summed E-state index contributed by atoms with van der Waals surface area (Å²) in [5.74, 6) is 0.111. The van der Waals surface area contributed by atoms with Crippen molar-refractivity contribution < 1.29 is 4.79 Å². The molecule has 20 heavy (non-hydrogen) atoms. The summed E-state index contributed by atoms with van der Waals surface area (Å²) in [6.07, 6.45) is 8.32. The van der Waals surface area contributed by atoms with E-state index in [2.05, 4.69) is 5.32 Å². The maximum Gasteiger partial charge on any atom is 0.246 e. The Morgan fingerprint density at radius 2 is 1.85 bits per heavy atom. The summed E-state index contributed by atoms with van der Waals surface area (Å²) >= 11 is 0. The lowest BCUT2D eigenvalue weighted by molar-refractivity contribution is -0.127. The minimum Gasteiger partial charge on any atom is -0.339 e. The Balaban J connectivity index is 1.61. The Morgan fingerprint density at radius 1 is 1.20 bits per heavy atom. The largest absolute Gasteiger partial charge is 0.339 e. The van der Waals surface area contributed by atoms with Gasteiger partial charge in [0.25, 0.3) is 0 Å². The van der Waals surface area contributed by atoms with Gasteiger partial charge < -0.3 is 10.2 Å². The Kier molecular flexibility index (Phi) is 3.88. The Hall–Kier alpha value is -1.61. The van der Waals surface area contributed by atoms with Crippen LogP contribution in [0.15, 0.2) is 36.4 Å². The van der Waals surface area contributed by atoms with Crippen LogP contribution in [-0.4, -0.2) is 36.0 Å². The summed E-state index contributed by atoms with van der Waals surface area (Å²) < 4.78 is 0. The summed E-state index contributed by atoms with van der Waals surface area (Å²) in [6.45, 7) is 0. The molecule has 2 bridgehead atoms. The second-order valence-electron chi connectivity index (χ2n) is 5.96. The molecule has 2 fully saturated rings. The van der Waals surface area contributed by atoms with E-state index in [4.69, 9.17) is 0 Å². The molecule has 1 N–H and O–H groups in total. The monoisotopic (exact) mass is 270 g/mol. The van der Waals surface area contributed by atoms with Crippen molar-refractivity contribution in [2.45, 2.75) is 43.8 Å². The van der Waals surface area contributed by atoms with E-state index in [1.165, 1.54) is 12.8 Å². The Bertz CT molecular complexity index is 485. The zero-order valence-electron chi connectivity index (χ0n) is 12.0. The predicted molar refractivity (Wildman–Crippen MR) is 81.2 cm³/mol. The SMILES string of the molecule is CN(C(=O)/C=C/c1ccccc1)C1CC2CCC(C1)N2. The average Bonchev–Trinajstić information content (AvgIpc) is 2.83. The molecule has 2 aliphatic heterocycles. The van der Waals surface area contributed by atoms with Gasteiger partial charge >= 0.3 is 0 Å². The molecule has 0 aliphatic carbocycles. The minimum atomic E-state index is 0.111. The number of piperidine rings is 1. The quantitative estimate of drug-likeness (QED) is 0.856. The molecule has 2 heterocycles. The first-order valence-electron chi connectivity index (χ1n) is 7.48. The zero-order chi connectivity index (χ0) is 13.9. The number of nitrogens with zero attached hydrogens (tertiary/aromatic N) is 1. The van der Waals surface area contributed by atoms with E-state index in [1.54, 1.807) is 6.08 Å². The molecule has 3 rings (SSSR count). The first kappa shape index (κ1) is 13.4. The molecule has 2 aliphatic rings. The Labute approximate surface area is 120 Å². The summed E-state index contributed by atoms with van der Waals surface area (Å²) in [4.78, 5) is 14.2. The second-order valence-corrected chi connectivity index (χ2v) is 5.96. The summed E-state index contributed by atoms with van der Waals surface area (Å²) in [7, 11) is 1.94. The molecule has 0 saturated carbocycles. The van der Waals surface area contributed by atoms with Gasteiger partial charge in [0.1, 0.15) is 0 Å². The van der Waals surface area contributed by atoms with Gasteiger partial charge in [0, 0.05) is 31.2 Å². The van der Waals surface area contributed by atoms with Crippen molar-refractivity contribution in [2.24, 2.45) is 0 Å². The lowest BCUT2D eigenvalue weighted by atomic mass is 9.98. The van der Waals surface area contributed by atoms with Gasteiger partial charge in [-0.3, -0.25) is 4.79 Å². The minimum absolute atomic E-state index is 0.111. The number of carbonyl (C=O) groups is 1. The number of hydrogen-bond donors (Lipinski definition) is 1. The molecule has 1 aromatic rings. The molecule has 0 aromatic heterocycles. The fourth-order valence-electron chi connectivity index (χ4n) is 3.37. The third kappa shape index (κ3) is 2.93. The molecule has 1 aromatic carbocycles. The highest BCUT2D eigenvalue weighted by atomic mass is 16.2. The van der Waals surface area contributed by atoms with Crippen LogP contribution in [0.1, 0.15) is 31.2 Å². The van der Waals surface area contributed by atoms with E-state index in [9.17, 15) is 4.79 Å². The maximum absolute atomic E-state index is 12.3. The molecule has 0 radical (unpaired) electrons. The normalized spacial score (nSPS) is 28.8. The van der Waals surface area contributed by atoms with Crippen LogP contribution in [0.4, 0.5) is 0 Å². The van der Waals surface area contributed by atoms with Crippen LogP contribution in [0.2, 0.25) is 0 Å². The first-order valence-corrected chi connectivity index (χ1v) is 7.48. The van der Waals surface area contributed by atoms with Gasteiger partial charge in [-0.05, 0) is 37.3 Å². The maximum atomic E-state index is 12.3. The van der Waals surface area contributed by atoms with Gasteiger partial charge in [0.05, 0.1) is 0 Å². The van der Waals surface area contributed by atoms with E-state index in [0.29, 0.717) is 18.1 Å². The highest BCUT2D eigenvalue weighted by Crippen LogP contribution is 2.29. The molecule has 2 saturated heterocycles. The van der Waals surface area contributed by atoms with Crippen molar-refractivity contribution >= 4 is 12.0 Å². The number of amides is 1. The topological polar surface area (TPSA) is 32.3 Å². The van der Waals surface area contributed by atoms with Crippen LogP contribution in [0.5, 0.6) is 0 Å². The number of likely N-dealkylation sites (N-methyl/N-ethyl adjacent to an activating group) is 1. The number of fused-ring (bicyclic) bond motifs is 2. The van der Waals surface area contributed by atoms with Crippen molar-refractivity contribution in [3.05, 3.63) is 42.0 Å². The summed E-state index contributed by atoms with van der Waals surface area (Å²) in [5, 5.41) is 3.62. The lowest BCUT2D eigenvalue weighted by Crippen LogP contribution is -2.48. The van der Waals surface area contributed by atoms with Gasteiger partial charge in [-0.2, -0.15) is 0 Å². The number of carbonyl (C=O) groups excluding carboxylic acids is 1. The molecule has 2 atom stereocenters. The van der Waals surface area contributed by atoms with Gasteiger partial charge in [-0.15, -0.1) is 0 Å². The van der Waals surface area contributed by atoms with Gasteiger partial charge in [-0.1, -0.05) is 30.3 Å². The predicted octanol–water partition coefficient (Wildman–Crippen LogP) is 2.44. The molecule has 1 amide bonds. The molecular weight excluding hydrogens is 248 g/mol. The van der Waals surface area contributed by atoms with Crippen LogP contribution in [-0.2, 0) is 4.79 Å². The average molecular weight is 270 g/mol. The van der Waals surface area contributed by atoms with Crippen LogP contribution in [0, 0.1) is 0 Å². The smallest absolute Gasteiger partial charge is 0.246 e. The number of rotatable bonds is 3. The van der Waals surface area contributed by atoms with Crippen molar-refractivity contribution in [3.8, 4) is 0 Å². The summed E-state index contributed by atoms with van der Waals surface area (Å²) in [6, 6.07) is 11.6. The first-order chi connectivity index (χ1) is 9.72. The molecule has 3 heteroatoms. The zero-order valence-corrected chi connectivity index (χ0v) is 12.0. The van der Waals surface area contributed by atoms with Crippen LogP contribution >= 0.6 is 0 Å². The number of nitrogens with one attached hydrogen (secondary N) is 1. The number of benzene rings is 1. The fraction of sp³-hybridized carbons (Fsp3) is 0.471. The third-order valence-electron chi connectivity index (χ3n) is 4.56. The van der Waals surface area contributed by atoms with E-state index in [0.717, 1.165) is 18.4 Å². The highest BCUT2D eigenvalue weighted by molar-refractivity contribution is 5.91. The molecule has 0 spiro atoms. The van der Waals surface area contributed by atoms with E-state index in [-0.39, 0.29) is 5.91 Å². The summed E-state index contributed by atoms with van der Waals surface area (Å²) in [5.41, 5.74) is 1.07. The van der Waals surface area contributed by atoms with Crippen LogP contribution in [0.3, 0.4) is 0 Å². The van der Waals surface area contributed by atoms with Crippen LogP contribution < -0.4 is 5.32 Å². The van der Waals surface area contributed by atoms with Crippen LogP contribution in [0.25, 0.3) is 6.08 Å².